The van der Waals surface area contributed by atoms with E-state index in [9.17, 15) is 20.4 Å². The fraction of sp³-hybridized carbons (Fsp3) is 1.00. The minimum Gasteiger partial charge on any atom is -0.390 e. The van der Waals surface area contributed by atoms with Crippen LogP contribution in [0, 0.1) is 5.92 Å². The highest BCUT2D eigenvalue weighted by Gasteiger charge is 2.52. The van der Waals surface area contributed by atoms with Gasteiger partial charge < -0.3 is 25.3 Å². The zero-order valence-corrected chi connectivity index (χ0v) is 11.9. The number of rotatable bonds is 3. The molecule has 5 heteroatoms. The quantitative estimate of drug-likeness (QED) is 0.568. The summed E-state index contributed by atoms with van der Waals surface area (Å²) in [5.41, 5.74) is -2.64. The minimum absolute atomic E-state index is 0.0231. The molecule has 1 saturated carbocycles. The monoisotopic (exact) mass is 273 g/mol. The van der Waals surface area contributed by atoms with Crippen LogP contribution in [0.25, 0.3) is 0 Å². The van der Waals surface area contributed by atoms with Gasteiger partial charge in [0.15, 0.2) is 0 Å². The highest BCUT2D eigenvalue weighted by atomic mass is 16.4. The Hall–Kier alpha value is -0.200. The van der Waals surface area contributed by atoms with Crippen LogP contribution in [0.4, 0.5) is 0 Å². The third kappa shape index (κ3) is 3.11. The largest absolute Gasteiger partial charge is 0.390 e. The normalized spacial score (nSPS) is 48.6. The molecule has 0 radical (unpaired) electrons. The van der Waals surface area contributed by atoms with Crippen molar-refractivity contribution in [3.05, 3.63) is 0 Å². The number of hydrogen-bond acceptors (Lipinski definition) is 5. The topological polar surface area (TPSA) is 84.2 Å². The number of aliphatic hydroxyl groups is 4. The van der Waals surface area contributed by atoms with Crippen molar-refractivity contribution in [2.24, 2.45) is 5.92 Å². The molecular weight excluding hydrogens is 246 g/mol. The number of likely N-dealkylation sites (tertiary alicyclic amines) is 1. The SMILES string of the molecule is CN1CCC(CCC2(O)CC(O)C(O)CC2(C)O)C1. The van der Waals surface area contributed by atoms with E-state index in [1.54, 1.807) is 6.92 Å². The molecule has 0 aromatic carbocycles. The molecule has 5 atom stereocenters. The van der Waals surface area contributed by atoms with E-state index in [-0.39, 0.29) is 12.8 Å². The summed E-state index contributed by atoms with van der Waals surface area (Å²) < 4.78 is 0. The molecule has 2 aliphatic rings. The average molecular weight is 273 g/mol. The molecule has 0 spiro atoms. The Morgan fingerprint density at radius 3 is 2.37 bits per heavy atom. The van der Waals surface area contributed by atoms with Crippen LogP contribution in [0.5, 0.6) is 0 Å². The standard InChI is InChI=1S/C14H27NO4/c1-13(18)7-11(16)12(17)8-14(13,19)5-3-10-4-6-15(2)9-10/h10-12,16-19H,3-9H2,1-2H3. The highest BCUT2D eigenvalue weighted by molar-refractivity contribution is 5.05. The fourth-order valence-electron chi connectivity index (χ4n) is 3.51. The fourth-order valence-corrected chi connectivity index (χ4v) is 3.51. The Labute approximate surface area is 114 Å². The van der Waals surface area contributed by atoms with Crippen molar-refractivity contribution >= 4 is 0 Å². The maximum atomic E-state index is 10.7. The molecule has 0 bridgehead atoms. The predicted octanol–water partition coefficient (Wildman–Crippen LogP) is -0.284. The molecule has 0 amide bonds. The van der Waals surface area contributed by atoms with Gasteiger partial charge in [0.2, 0.25) is 0 Å². The van der Waals surface area contributed by atoms with Crippen molar-refractivity contribution in [1.29, 1.82) is 0 Å². The molecule has 5 unspecified atom stereocenters. The van der Waals surface area contributed by atoms with E-state index < -0.39 is 23.4 Å². The van der Waals surface area contributed by atoms with E-state index in [0.717, 1.165) is 25.9 Å². The maximum absolute atomic E-state index is 10.7. The van der Waals surface area contributed by atoms with Gasteiger partial charge in [0.1, 0.15) is 0 Å². The van der Waals surface area contributed by atoms with Crippen LogP contribution < -0.4 is 0 Å². The van der Waals surface area contributed by atoms with Crippen LogP contribution >= 0.6 is 0 Å². The minimum atomic E-state index is -1.34. The molecule has 2 rings (SSSR count). The van der Waals surface area contributed by atoms with Crippen LogP contribution in [0.1, 0.15) is 39.0 Å². The maximum Gasteiger partial charge on any atom is 0.0957 e. The molecule has 1 heterocycles. The molecule has 1 aliphatic heterocycles. The van der Waals surface area contributed by atoms with Crippen molar-refractivity contribution in [2.45, 2.75) is 62.4 Å². The van der Waals surface area contributed by atoms with E-state index in [1.165, 1.54) is 0 Å². The van der Waals surface area contributed by atoms with Gasteiger partial charge in [-0.15, -0.1) is 0 Å². The lowest BCUT2D eigenvalue weighted by molar-refractivity contribution is -0.217. The van der Waals surface area contributed by atoms with E-state index in [2.05, 4.69) is 11.9 Å². The Kier molecular flexibility index (Phi) is 4.23. The van der Waals surface area contributed by atoms with E-state index >= 15 is 0 Å². The second-order valence-corrected chi connectivity index (χ2v) is 6.80. The van der Waals surface area contributed by atoms with Gasteiger partial charge in [-0.3, -0.25) is 0 Å². The predicted molar refractivity (Wildman–Crippen MR) is 71.7 cm³/mol. The zero-order valence-electron chi connectivity index (χ0n) is 11.9. The lowest BCUT2D eigenvalue weighted by atomic mass is 9.67. The molecule has 4 N–H and O–H groups in total. The van der Waals surface area contributed by atoms with E-state index in [4.69, 9.17) is 0 Å². The lowest BCUT2D eigenvalue weighted by Gasteiger charge is -2.48. The van der Waals surface area contributed by atoms with Crippen LogP contribution in [0.2, 0.25) is 0 Å². The van der Waals surface area contributed by atoms with Gasteiger partial charge in [0.05, 0.1) is 23.4 Å². The van der Waals surface area contributed by atoms with E-state index in [1.807, 2.05) is 0 Å². The first kappa shape index (κ1) is 15.2. The van der Waals surface area contributed by atoms with Crippen molar-refractivity contribution in [1.82, 2.24) is 4.90 Å². The van der Waals surface area contributed by atoms with Gasteiger partial charge >= 0.3 is 0 Å². The van der Waals surface area contributed by atoms with E-state index in [0.29, 0.717) is 12.3 Å². The van der Waals surface area contributed by atoms with Crippen LogP contribution in [0.3, 0.4) is 0 Å². The third-order valence-corrected chi connectivity index (χ3v) is 5.06. The summed E-state index contributed by atoms with van der Waals surface area (Å²) in [4.78, 5) is 2.27. The summed E-state index contributed by atoms with van der Waals surface area (Å²) in [5.74, 6) is 0.550. The molecule has 19 heavy (non-hydrogen) atoms. The Morgan fingerprint density at radius 1 is 1.16 bits per heavy atom. The van der Waals surface area contributed by atoms with Crippen LogP contribution in [-0.2, 0) is 0 Å². The van der Waals surface area contributed by atoms with Crippen LogP contribution in [-0.4, -0.2) is 68.9 Å². The summed E-state index contributed by atoms with van der Waals surface area (Å²) in [7, 11) is 2.09. The molecule has 112 valence electrons. The summed E-state index contributed by atoms with van der Waals surface area (Å²) in [6.45, 7) is 3.67. The first-order valence-electron chi connectivity index (χ1n) is 7.23. The Bertz CT molecular complexity index is 323. The lowest BCUT2D eigenvalue weighted by Crippen LogP contribution is -2.61. The second-order valence-electron chi connectivity index (χ2n) is 6.80. The number of hydrogen-bond donors (Lipinski definition) is 4. The zero-order chi connectivity index (χ0) is 14.3. The summed E-state index contributed by atoms with van der Waals surface area (Å²) in [6.07, 6.45) is 0.616. The average Bonchev–Trinajstić information content (AvgIpc) is 2.70. The molecule has 0 aromatic rings. The molecule has 0 aromatic heterocycles. The molecule has 5 nitrogen and oxygen atoms in total. The summed E-state index contributed by atoms with van der Waals surface area (Å²) >= 11 is 0. The van der Waals surface area contributed by atoms with Crippen molar-refractivity contribution in [3.8, 4) is 0 Å². The molecule has 2 fully saturated rings. The molecular formula is C14H27NO4. The van der Waals surface area contributed by atoms with Crippen LogP contribution in [0.15, 0.2) is 0 Å². The van der Waals surface area contributed by atoms with Gasteiger partial charge in [-0.2, -0.15) is 0 Å². The smallest absolute Gasteiger partial charge is 0.0957 e. The van der Waals surface area contributed by atoms with Gasteiger partial charge in [-0.05, 0) is 45.7 Å². The molecule has 1 saturated heterocycles. The van der Waals surface area contributed by atoms with Crippen molar-refractivity contribution < 1.29 is 20.4 Å². The van der Waals surface area contributed by atoms with Gasteiger partial charge in [-0.1, -0.05) is 0 Å². The summed E-state index contributed by atoms with van der Waals surface area (Å²) in [6, 6.07) is 0. The van der Waals surface area contributed by atoms with Gasteiger partial charge in [-0.25, -0.2) is 0 Å². The highest BCUT2D eigenvalue weighted by Crippen LogP contribution is 2.41. The van der Waals surface area contributed by atoms with Gasteiger partial charge in [0.25, 0.3) is 0 Å². The first-order chi connectivity index (χ1) is 8.73. The molecule has 1 aliphatic carbocycles. The number of nitrogens with zero attached hydrogens (tertiary/aromatic N) is 1. The van der Waals surface area contributed by atoms with Crippen molar-refractivity contribution in [2.75, 3.05) is 20.1 Å². The van der Waals surface area contributed by atoms with Crippen molar-refractivity contribution in [3.63, 3.8) is 0 Å². The Morgan fingerprint density at radius 2 is 1.79 bits per heavy atom. The van der Waals surface area contributed by atoms with Gasteiger partial charge in [0, 0.05) is 19.4 Å². The first-order valence-corrected chi connectivity index (χ1v) is 7.23. The number of aliphatic hydroxyl groups excluding tert-OH is 2. The Balaban J connectivity index is 1.96. The third-order valence-electron chi connectivity index (χ3n) is 5.06. The second kappa shape index (κ2) is 5.30. The summed E-state index contributed by atoms with van der Waals surface area (Å²) in [5, 5.41) is 40.4.